The molecule has 1 atom stereocenters. The van der Waals surface area contributed by atoms with E-state index >= 15 is 0 Å². The molecule has 122 valence electrons. The molecule has 1 N–H and O–H groups in total. The molecule has 23 heavy (non-hydrogen) atoms. The number of hydrogen-bond acceptors (Lipinski definition) is 2. The Balaban J connectivity index is 1.86. The lowest BCUT2D eigenvalue weighted by Gasteiger charge is -2.18. The molecule has 0 radical (unpaired) electrons. The second-order valence-corrected chi connectivity index (χ2v) is 5.48. The normalized spacial score (nSPS) is 12.0. The van der Waals surface area contributed by atoms with Gasteiger partial charge in [0.1, 0.15) is 5.82 Å². The van der Waals surface area contributed by atoms with Gasteiger partial charge in [0, 0.05) is 20.1 Å². The minimum atomic E-state index is -0.269. The van der Waals surface area contributed by atoms with Gasteiger partial charge in [-0.1, -0.05) is 42.5 Å². The van der Waals surface area contributed by atoms with Gasteiger partial charge in [-0.05, 0) is 36.1 Å². The van der Waals surface area contributed by atoms with Gasteiger partial charge in [-0.2, -0.15) is 0 Å². The van der Waals surface area contributed by atoms with Crippen LogP contribution >= 0.6 is 0 Å². The molecule has 1 amide bonds. The minimum absolute atomic E-state index is 0.108. The van der Waals surface area contributed by atoms with Gasteiger partial charge in [-0.25, -0.2) is 4.39 Å². The van der Waals surface area contributed by atoms with Crippen molar-refractivity contribution >= 4 is 5.91 Å². The summed E-state index contributed by atoms with van der Waals surface area (Å²) in [5, 5.41) is 2.86. The number of hydrogen-bond donors (Lipinski definition) is 1. The molecular weight excluding hydrogens is 293 g/mol. The fourth-order valence-corrected chi connectivity index (χ4v) is 2.51. The van der Waals surface area contributed by atoms with Crippen molar-refractivity contribution in [2.24, 2.45) is 0 Å². The molecule has 4 heteroatoms. The first-order valence-corrected chi connectivity index (χ1v) is 7.70. The predicted octanol–water partition coefficient (Wildman–Crippen LogP) is 3.57. The number of carbonyl (C=O) groups excluding carboxylic acids is 1. The average molecular weight is 315 g/mol. The molecule has 0 heterocycles. The summed E-state index contributed by atoms with van der Waals surface area (Å²) in [5.74, 6) is -0.376. The highest BCUT2D eigenvalue weighted by atomic mass is 19.1. The number of aryl methyl sites for hydroxylation is 2. The number of amides is 1. The summed E-state index contributed by atoms with van der Waals surface area (Å²) in [5.41, 5.74) is 2.74. The van der Waals surface area contributed by atoms with Crippen molar-refractivity contribution in [2.75, 3.05) is 13.7 Å². The standard InChI is InChI=1S/C19H22FNO2/c1-14-7-3-5-9-16(14)18(23-2)13-21-19(22)12-11-15-8-4-6-10-17(15)20/h3-10,18H,11-13H2,1-2H3,(H,21,22)/t18-/m0/s1. The van der Waals surface area contributed by atoms with Crippen molar-refractivity contribution < 1.29 is 13.9 Å². The summed E-state index contributed by atoms with van der Waals surface area (Å²) in [6, 6.07) is 14.5. The fraction of sp³-hybridized carbons (Fsp3) is 0.316. The topological polar surface area (TPSA) is 38.3 Å². The first kappa shape index (κ1) is 17.2. The van der Waals surface area contributed by atoms with E-state index in [4.69, 9.17) is 4.74 Å². The zero-order chi connectivity index (χ0) is 16.7. The van der Waals surface area contributed by atoms with Crippen LogP contribution < -0.4 is 5.32 Å². The Morgan fingerprint density at radius 3 is 2.57 bits per heavy atom. The molecule has 0 aliphatic rings. The number of rotatable bonds is 7. The van der Waals surface area contributed by atoms with Crippen LogP contribution in [0.3, 0.4) is 0 Å². The Bertz CT molecular complexity index is 657. The monoisotopic (exact) mass is 315 g/mol. The summed E-state index contributed by atoms with van der Waals surface area (Å²) >= 11 is 0. The van der Waals surface area contributed by atoms with Gasteiger partial charge in [0.25, 0.3) is 0 Å². The van der Waals surface area contributed by atoms with Crippen LogP contribution in [0, 0.1) is 12.7 Å². The zero-order valence-electron chi connectivity index (χ0n) is 13.5. The van der Waals surface area contributed by atoms with Gasteiger partial charge in [0.15, 0.2) is 0 Å². The highest BCUT2D eigenvalue weighted by Crippen LogP contribution is 2.19. The van der Waals surface area contributed by atoms with Crippen LogP contribution in [0.2, 0.25) is 0 Å². The Labute approximate surface area is 136 Å². The lowest BCUT2D eigenvalue weighted by Crippen LogP contribution is -2.29. The summed E-state index contributed by atoms with van der Waals surface area (Å²) < 4.78 is 19.0. The molecule has 0 saturated carbocycles. The highest BCUT2D eigenvalue weighted by Gasteiger charge is 2.14. The average Bonchev–Trinajstić information content (AvgIpc) is 2.56. The molecular formula is C19H22FNO2. The third-order valence-corrected chi connectivity index (χ3v) is 3.88. The maximum absolute atomic E-state index is 13.5. The zero-order valence-corrected chi connectivity index (χ0v) is 13.5. The first-order valence-electron chi connectivity index (χ1n) is 7.70. The van der Waals surface area contributed by atoms with Gasteiger partial charge in [-0.3, -0.25) is 4.79 Å². The quantitative estimate of drug-likeness (QED) is 0.848. The Hall–Kier alpha value is -2.20. The van der Waals surface area contributed by atoms with Crippen LogP contribution in [0.1, 0.15) is 29.2 Å². The van der Waals surface area contributed by atoms with Gasteiger partial charge in [0.05, 0.1) is 6.10 Å². The van der Waals surface area contributed by atoms with Gasteiger partial charge < -0.3 is 10.1 Å². The second kappa shape index (κ2) is 8.44. The van der Waals surface area contributed by atoms with E-state index in [0.29, 0.717) is 18.5 Å². The van der Waals surface area contributed by atoms with E-state index in [-0.39, 0.29) is 24.2 Å². The molecule has 0 saturated heterocycles. The Morgan fingerprint density at radius 2 is 1.87 bits per heavy atom. The van der Waals surface area contributed by atoms with Crippen LogP contribution in [0.15, 0.2) is 48.5 Å². The molecule has 0 aromatic heterocycles. The number of halogens is 1. The lowest BCUT2D eigenvalue weighted by molar-refractivity contribution is -0.121. The van der Waals surface area contributed by atoms with Crippen molar-refractivity contribution in [1.82, 2.24) is 5.32 Å². The Morgan fingerprint density at radius 1 is 1.17 bits per heavy atom. The number of methoxy groups -OCH3 is 1. The molecule has 0 bridgehead atoms. The van der Waals surface area contributed by atoms with Crippen LogP contribution in [0.5, 0.6) is 0 Å². The van der Waals surface area contributed by atoms with E-state index in [9.17, 15) is 9.18 Å². The minimum Gasteiger partial charge on any atom is -0.375 e. The van der Waals surface area contributed by atoms with Crippen molar-refractivity contribution in [1.29, 1.82) is 0 Å². The van der Waals surface area contributed by atoms with Gasteiger partial charge in [-0.15, -0.1) is 0 Å². The number of carbonyl (C=O) groups is 1. The molecule has 0 fully saturated rings. The summed E-state index contributed by atoms with van der Waals surface area (Å²) in [6.07, 6.45) is 0.458. The maximum Gasteiger partial charge on any atom is 0.220 e. The summed E-state index contributed by atoms with van der Waals surface area (Å²) in [7, 11) is 1.63. The third-order valence-electron chi connectivity index (χ3n) is 3.88. The van der Waals surface area contributed by atoms with Crippen molar-refractivity contribution in [3.8, 4) is 0 Å². The second-order valence-electron chi connectivity index (χ2n) is 5.48. The molecule has 2 aromatic rings. The number of benzene rings is 2. The van der Waals surface area contributed by atoms with Crippen LogP contribution in [-0.2, 0) is 16.0 Å². The third kappa shape index (κ3) is 4.89. The van der Waals surface area contributed by atoms with E-state index in [1.807, 2.05) is 31.2 Å². The van der Waals surface area contributed by atoms with E-state index < -0.39 is 0 Å². The van der Waals surface area contributed by atoms with Crippen molar-refractivity contribution in [3.05, 3.63) is 71.0 Å². The van der Waals surface area contributed by atoms with Gasteiger partial charge in [0.2, 0.25) is 5.91 Å². The van der Waals surface area contributed by atoms with Crippen LogP contribution in [0.25, 0.3) is 0 Å². The van der Waals surface area contributed by atoms with E-state index in [1.54, 1.807) is 25.3 Å². The van der Waals surface area contributed by atoms with Crippen molar-refractivity contribution in [3.63, 3.8) is 0 Å². The molecule has 0 spiro atoms. The summed E-state index contributed by atoms with van der Waals surface area (Å²) in [6.45, 7) is 2.42. The fourth-order valence-electron chi connectivity index (χ4n) is 2.51. The molecule has 0 aliphatic carbocycles. The molecule has 2 aromatic carbocycles. The maximum atomic E-state index is 13.5. The SMILES string of the molecule is CO[C@@H](CNC(=O)CCc1ccccc1F)c1ccccc1C. The van der Waals surface area contributed by atoms with Crippen LogP contribution in [-0.4, -0.2) is 19.6 Å². The van der Waals surface area contributed by atoms with Gasteiger partial charge >= 0.3 is 0 Å². The largest absolute Gasteiger partial charge is 0.375 e. The first-order chi connectivity index (χ1) is 11.1. The highest BCUT2D eigenvalue weighted by molar-refractivity contribution is 5.76. The molecule has 0 aliphatic heterocycles. The van der Waals surface area contributed by atoms with E-state index in [0.717, 1.165) is 11.1 Å². The smallest absolute Gasteiger partial charge is 0.220 e. The van der Waals surface area contributed by atoms with E-state index in [2.05, 4.69) is 5.32 Å². The lowest BCUT2D eigenvalue weighted by atomic mass is 10.0. The molecule has 3 nitrogen and oxygen atoms in total. The number of ether oxygens (including phenoxy) is 1. The van der Waals surface area contributed by atoms with Crippen LogP contribution in [0.4, 0.5) is 4.39 Å². The molecule has 0 unspecified atom stereocenters. The predicted molar refractivity (Wildman–Crippen MR) is 88.7 cm³/mol. The van der Waals surface area contributed by atoms with E-state index in [1.165, 1.54) is 6.07 Å². The summed E-state index contributed by atoms with van der Waals surface area (Å²) in [4.78, 5) is 12.0. The Kier molecular flexibility index (Phi) is 6.29. The number of nitrogens with one attached hydrogen (secondary N) is 1. The van der Waals surface area contributed by atoms with Crippen molar-refractivity contribution in [2.45, 2.75) is 25.9 Å². The molecule has 2 rings (SSSR count).